The largest absolute Gasteiger partial charge is 0.399 e. The van der Waals surface area contributed by atoms with E-state index in [-0.39, 0.29) is 18.4 Å². The Hall–Kier alpha value is -3.80. The van der Waals surface area contributed by atoms with Gasteiger partial charge in [0, 0.05) is 60.3 Å². The number of carbonyl (C=O) groups excluding carboxylic acids is 2. The molecule has 0 radical (unpaired) electrons. The average molecular weight is 532 g/mol. The average Bonchev–Trinajstić information content (AvgIpc) is 3.55. The van der Waals surface area contributed by atoms with E-state index in [1.54, 1.807) is 52.4 Å². The van der Waals surface area contributed by atoms with Crippen LogP contribution in [0.4, 0.5) is 10.8 Å². The summed E-state index contributed by atoms with van der Waals surface area (Å²) in [4.78, 5) is 38.4. The molecule has 1 aromatic carbocycles. The van der Waals surface area contributed by atoms with E-state index >= 15 is 0 Å². The molecule has 4 heterocycles. The van der Waals surface area contributed by atoms with Crippen molar-refractivity contribution in [3.05, 3.63) is 76.2 Å². The molecule has 38 heavy (non-hydrogen) atoms. The zero-order valence-electron chi connectivity index (χ0n) is 20.9. The van der Waals surface area contributed by atoms with Gasteiger partial charge in [0.1, 0.15) is 11.3 Å². The minimum Gasteiger partial charge on any atom is -0.399 e. The zero-order chi connectivity index (χ0) is 26.1. The van der Waals surface area contributed by atoms with Crippen molar-refractivity contribution >= 4 is 39.6 Å². The lowest BCUT2D eigenvalue weighted by Crippen LogP contribution is -2.45. The number of hydrogen-bond donors (Lipinski definition) is 3. The molecule has 4 aromatic rings. The third-order valence-electron chi connectivity index (χ3n) is 7.06. The van der Waals surface area contributed by atoms with Crippen molar-refractivity contribution in [2.45, 2.75) is 31.8 Å². The lowest BCUT2D eigenvalue weighted by atomic mass is 9.96. The Balaban J connectivity index is 1.07. The second-order valence-corrected chi connectivity index (χ2v) is 10.7. The number of ether oxygens (including phenoxy) is 1. The summed E-state index contributed by atoms with van der Waals surface area (Å²) < 4.78 is 7.24. The minimum absolute atomic E-state index is 0.216. The molecule has 3 aromatic heterocycles. The number of nitrogen functional groups attached to an aromatic ring is 1. The number of amides is 2. The second kappa shape index (κ2) is 10.5. The van der Waals surface area contributed by atoms with E-state index in [0.717, 1.165) is 56.8 Å². The number of nitrogens with one attached hydrogen (secondary N) is 2. The number of morpholine rings is 1. The maximum Gasteiger partial charge on any atom is 0.271 e. The smallest absolute Gasteiger partial charge is 0.271 e. The van der Waals surface area contributed by atoms with E-state index in [4.69, 9.17) is 15.5 Å². The molecular weight excluding hydrogens is 502 g/mol. The Kier molecular flexibility index (Phi) is 6.79. The molecule has 11 heteroatoms. The van der Waals surface area contributed by atoms with Crippen LogP contribution in [0, 0.1) is 0 Å². The third-order valence-corrected chi connectivity index (χ3v) is 8.09. The molecule has 1 aliphatic heterocycles. The van der Waals surface area contributed by atoms with E-state index in [1.807, 2.05) is 12.1 Å². The van der Waals surface area contributed by atoms with E-state index in [2.05, 4.69) is 20.5 Å². The summed E-state index contributed by atoms with van der Waals surface area (Å²) in [7, 11) is 0. The Bertz CT molecular complexity index is 1490. The fraction of sp³-hybridized carbons (Fsp3) is 0.333. The first kappa shape index (κ1) is 24.5. The number of fused-ring (bicyclic) bond motifs is 2. The summed E-state index contributed by atoms with van der Waals surface area (Å²) in [6.45, 7) is 3.82. The summed E-state index contributed by atoms with van der Waals surface area (Å²) >= 11 is 1.57. The van der Waals surface area contributed by atoms with E-state index in [0.29, 0.717) is 33.8 Å². The molecule has 196 valence electrons. The SMILES string of the molecule is Nc1ccn2cc(C(=O)NCc3cccc(C(=O)Nc4nc5c(s4)C[C@@H](N4CCOCC4)CC5)c3)nc2c1. The summed E-state index contributed by atoms with van der Waals surface area (Å²) in [6.07, 6.45) is 6.40. The van der Waals surface area contributed by atoms with Gasteiger partial charge in [0.05, 0.1) is 18.9 Å². The van der Waals surface area contributed by atoms with Crippen LogP contribution in [0.15, 0.2) is 48.8 Å². The van der Waals surface area contributed by atoms with Gasteiger partial charge in [-0.05, 0) is 43.0 Å². The molecule has 0 saturated carbocycles. The van der Waals surface area contributed by atoms with Crippen LogP contribution < -0.4 is 16.4 Å². The normalized spacial score (nSPS) is 17.7. The second-order valence-electron chi connectivity index (χ2n) is 9.62. The van der Waals surface area contributed by atoms with Crippen LogP contribution >= 0.6 is 11.3 Å². The first-order valence-corrected chi connectivity index (χ1v) is 13.6. The number of thiazole rings is 1. The Morgan fingerprint density at radius 1 is 1.13 bits per heavy atom. The van der Waals surface area contributed by atoms with Crippen molar-refractivity contribution in [3.63, 3.8) is 0 Å². The monoisotopic (exact) mass is 531 g/mol. The molecule has 4 N–H and O–H groups in total. The van der Waals surface area contributed by atoms with Crippen LogP contribution in [0.1, 0.15) is 43.4 Å². The van der Waals surface area contributed by atoms with E-state index in [1.165, 1.54) is 4.88 Å². The number of anilines is 2. The van der Waals surface area contributed by atoms with Gasteiger partial charge in [-0.15, -0.1) is 11.3 Å². The van der Waals surface area contributed by atoms with Gasteiger partial charge < -0.3 is 20.2 Å². The Labute approximate surface area is 223 Å². The van der Waals surface area contributed by atoms with Crippen LogP contribution in [-0.2, 0) is 24.1 Å². The molecular formula is C27H29N7O3S. The summed E-state index contributed by atoms with van der Waals surface area (Å²) in [5.41, 5.74) is 9.71. The summed E-state index contributed by atoms with van der Waals surface area (Å²) in [5, 5.41) is 6.48. The van der Waals surface area contributed by atoms with Crippen LogP contribution in [0.2, 0.25) is 0 Å². The molecule has 1 aliphatic carbocycles. The summed E-state index contributed by atoms with van der Waals surface area (Å²) in [5.74, 6) is -0.516. The third kappa shape index (κ3) is 5.26. The Morgan fingerprint density at radius 2 is 2.00 bits per heavy atom. The molecule has 6 rings (SSSR count). The number of hydrogen-bond acceptors (Lipinski definition) is 8. The van der Waals surface area contributed by atoms with Crippen molar-refractivity contribution in [3.8, 4) is 0 Å². The highest BCUT2D eigenvalue weighted by Gasteiger charge is 2.28. The molecule has 2 amide bonds. The molecule has 0 spiro atoms. The Morgan fingerprint density at radius 3 is 2.87 bits per heavy atom. The van der Waals surface area contributed by atoms with Crippen LogP contribution in [0.3, 0.4) is 0 Å². The highest BCUT2D eigenvalue weighted by molar-refractivity contribution is 7.15. The van der Waals surface area contributed by atoms with Gasteiger partial charge in [-0.2, -0.15) is 0 Å². The summed E-state index contributed by atoms with van der Waals surface area (Å²) in [6, 6.07) is 11.2. The lowest BCUT2D eigenvalue weighted by molar-refractivity contribution is 0.0139. The van der Waals surface area contributed by atoms with Crippen LogP contribution in [-0.4, -0.2) is 63.4 Å². The van der Waals surface area contributed by atoms with Crippen molar-refractivity contribution in [2.24, 2.45) is 0 Å². The standard InChI is InChI=1S/C27H29N7O3S/c28-19-6-7-34-16-22(30-24(34)13-19)26(36)29-15-17-2-1-3-18(12-17)25(35)32-27-31-21-5-4-20(14-23(21)38-27)33-8-10-37-11-9-33/h1-3,6-7,12-13,16,20H,4-5,8-11,14-15,28H2,(H,29,36)(H,31,32,35)/t20-/m0/s1. The maximum absolute atomic E-state index is 13.0. The predicted octanol–water partition coefficient (Wildman–Crippen LogP) is 2.74. The van der Waals surface area contributed by atoms with Gasteiger partial charge in [0.25, 0.3) is 11.8 Å². The molecule has 1 saturated heterocycles. The number of imidazole rings is 1. The number of aryl methyl sites for hydroxylation is 1. The number of nitrogens with two attached hydrogens (primary N) is 1. The number of benzene rings is 1. The van der Waals surface area contributed by atoms with Gasteiger partial charge in [-0.25, -0.2) is 9.97 Å². The van der Waals surface area contributed by atoms with Crippen molar-refractivity contribution in [1.29, 1.82) is 0 Å². The topological polar surface area (TPSA) is 127 Å². The van der Waals surface area contributed by atoms with Crippen LogP contribution in [0.25, 0.3) is 5.65 Å². The van der Waals surface area contributed by atoms with Gasteiger partial charge >= 0.3 is 0 Å². The minimum atomic E-state index is -0.300. The van der Waals surface area contributed by atoms with Crippen molar-refractivity contribution in [2.75, 3.05) is 37.4 Å². The first-order valence-electron chi connectivity index (χ1n) is 12.7. The van der Waals surface area contributed by atoms with Crippen molar-refractivity contribution < 1.29 is 14.3 Å². The number of pyridine rings is 1. The molecule has 0 unspecified atom stereocenters. The fourth-order valence-corrected chi connectivity index (χ4v) is 6.11. The lowest BCUT2D eigenvalue weighted by Gasteiger charge is -2.36. The first-order chi connectivity index (χ1) is 18.5. The predicted molar refractivity (Wildman–Crippen MR) is 145 cm³/mol. The van der Waals surface area contributed by atoms with Gasteiger partial charge in [-0.3, -0.25) is 19.8 Å². The number of carbonyl (C=O) groups is 2. The fourth-order valence-electron chi connectivity index (χ4n) is 5.04. The number of nitrogens with zero attached hydrogens (tertiary/aromatic N) is 4. The van der Waals surface area contributed by atoms with Gasteiger partial charge in [-0.1, -0.05) is 12.1 Å². The number of rotatable bonds is 6. The zero-order valence-corrected chi connectivity index (χ0v) is 21.7. The van der Waals surface area contributed by atoms with E-state index < -0.39 is 0 Å². The van der Waals surface area contributed by atoms with Crippen molar-refractivity contribution in [1.82, 2.24) is 24.6 Å². The molecule has 10 nitrogen and oxygen atoms in total. The van der Waals surface area contributed by atoms with Crippen LogP contribution in [0.5, 0.6) is 0 Å². The quantitative estimate of drug-likeness (QED) is 0.349. The van der Waals surface area contributed by atoms with E-state index in [9.17, 15) is 9.59 Å². The molecule has 2 aliphatic rings. The maximum atomic E-state index is 13.0. The molecule has 1 atom stereocenters. The highest BCUT2D eigenvalue weighted by Crippen LogP contribution is 2.32. The number of aromatic nitrogens is 3. The highest BCUT2D eigenvalue weighted by atomic mass is 32.1. The van der Waals surface area contributed by atoms with Gasteiger partial charge in [0.15, 0.2) is 5.13 Å². The van der Waals surface area contributed by atoms with Gasteiger partial charge in [0.2, 0.25) is 0 Å². The molecule has 1 fully saturated rings. The molecule has 0 bridgehead atoms.